The van der Waals surface area contributed by atoms with E-state index in [1.165, 1.54) is 6.42 Å². The molecule has 6 nitrogen and oxygen atoms in total. The van der Waals surface area contributed by atoms with Gasteiger partial charge in [-0.2, -0.15) is 0 Å². The monoisotopic (exact) mass is 361 g/mol. The van der Waals surface area contributed by atoms with Gasteiger partial charge in [-0.1, -0.05) is 25.3 Å². The fraction of sp³-hybridized carbons (Fsp3) is 0.650. The Morgan fingerprint density at radius 2 is 1.92 bits per heavy atom. The fourth-order valence-corrected chi connectivity index (χ4v) is 3.59. The molecule has 3 rings (SSSR count). The van der Waals surface area contributed by atoms with Crippen molar-refractivity contribution in [2.75, 3.05) is 33.4 Å². The number of fused-ring (bicyclic) bond motifs is 1. The van der Waals surface area contributed by atoms with Crippen LogP contribution in [0.4, 0.5) is 0 Å². The molecule has 1 aromatic rings. The van der Waals surface area contributed by atoms with Crippen LogP contribution in [-0.2, 0) is 6.54 Å². The van der Waals surface area contributed by atoms with Crippen LogP contribution < -0.4 is 14.8 Å². The van der Waals surface area contributed by atoms with Crippen LogP contribution in [0.3, 0.4) is 0 Å². The molecular weight excluding hydrogens is 330 g/mol. The quantitative estimate of drug-likeness (QED) is 0.623. The minimum absolute atomic E-state index is 0.459. The number of guanidine groups is 1. The Labute approximate surface area is 156 Å². The maximum atomic E-state index is 10.7. The third-order valence-electron chi connectivity index (χ3n) is 5.03. The highest BCUT2D eigenvalue weighted by atomic mass is 16.6. The van der Waals surface area contributed by atoms with E-state index in [1.54, 1.807) is 0 Å². The number of hydrogen-bond acceptors (Lipinski definition) is 4. The summed E-state index contributed by atoms with van der Waals surface area (Å²) in [4.78, 5) is 6.80. The molecule has 0 bridgehead atoms. The lowest BCUT2D eigenvalue weighted by molar-refractivity contribution is 0.0130. The highest BCUT2D eigenvalue weighted by molar-refractivity contribution is 5.79. The summed E-state index contributed by atoms with van der Waals surface area (Å²) in [5, 5.41) is 14.0. The Morgan fingerprint density at radius 1 is 1.19 bits per heavy atom. The second-order valence-corrected chi connectivity index (χ2v) is 7.29. The first kappa shape index (κ1) is 18.8. The van der Waals surface area contributed by atoms with Crippen molar-refractivity contribution in [3.63, 3.8) is 0 Å². The normalized spacial score (nSPS) is 19.1. The van der Waals surface area contributed by atoms with Gasteiger partial charge in [-0.3, -0.25) is 4.99 Å². The van der Waals surface area contributed by atoms with Crippen LogP contribution in [0, 0.1) is 0 Å². The number of nitrogens with zero attached hydrogens (tertiary/aromatic N) is 2. The minimum atomic E-state index is -0.642. The SMILES string of the molecule is CCNC(=NCC1(O)CCCCC1)N(C)Cc1ccc2c(c1)OCCO2. The van der Waals surface area contributed by atoms with Gasteiger partial charge in [0.1, 0.15) is 13.2 Å². The fourth-order valence-electron chi connectivity index (χ4n) is 3.59. The molecule has 0 atom stereocenters. The third kappa shape index (κ3) is 4.81. The molecule has 2 N–H and O–H groups in total. The molecule has 26 heavy (non-hydrogen) atoms. The first-order chi connectivity index (χ1) is 12.6. The molecule has 144 valence electrons. The van der Waals surface area contributed by atoms with E-state index in [-0.39, 0.29) is 0 Å². The number of aliphatic imine (C=N–C) groups is 1. The largest absolute Gasteiger partial charge is 0.486 e. The van der Waals surface area contributed by atoms with E-state index < -0.39 is 5.60 Å². The van der Waals surface area contributed by atoms with E-state index in [9.17, 15) is 5.11 Å². The molecule has 1 heterocycles. The van der Waals surface area contributed by atoms with Crippen LogP contribution in [0.15, 0.2) is 23.2 Å². The minimum Gasteiger partial charge on any atom is -0.486 e. The zero-order chi connectivity index (χ0) is 18.4. The highest BCUT2D eigenvalue weighted by Gasteiger charge is 2.29. The van der Waals surface area contributed by atoms with E-state index in [2.05, 4.69) is 23.2 Å². The summed E-state index contributed by atoms with van der Waals surface area (Å²) in [6.45, 7) is 5.22. The number of rotatable bonds is 5. The molecule has 1 aliphatic heterocycles. The number of benzene rings is 1. The summed E-state index contributed by atoms with van der Waals surface area (Å²) in [6.07, 6.45) is 5.10. The van der Waals surface area contributed by atoms with E-state index >= 15 is 0 Å². The second kappa shape index (κ2) is 8.62. The van der Waals surface area contributed by atoms with Crippen molar-refractivity contribution in [3.05, 3.63) is 23.8 Å². The topological polar surface area (TPSA) is 66.3 Å². The molecule has 1 saturated carbocycles. The van der Waals surface area contributed by atoms with Gasteiger partial charge in [0.05, 0.1) is 12.1 Å². The Balaban J connectivity index is 1.66. The zero-order valence-electron chi connectivity index (χ0n) is 16.0. The lowest BCUT2D eigenvalue weighted by Crippen LogP contribution is -2.41. The first-order valence-electron chi connectivity index (χ1n) is 9.70. The zero-order valence-corrected chi connectivity index (χ0v) is 16.0. The van der Waals surface area contributed by atoms with Gasteiger partial charge in [0, 0.05) is 20.1 Å². The van der Waals surface area contributed by atoms with Crippen molar-refractivity contribution in [2.45, 2.75) is 51.2 Å². The standard InChI is InChI=1S/C20H31N3O3/c1-3-21-19(22-15-20(24)9-5-4-6-10-20)23(2)14-16-7-8-17-18(13-16)26-12-11-25-17/h7-8,13,24H,3-6,9-12,14-15H2,1-2H3,(H,21,22). The summed E-state index contributed by atoms with van der Waals surface area (Å²) in [6, 6.07) is 6.05. The van der Waals surface area contributed by atoms with Gasteiger partial charge in [-0.15, -0.1) is 0 Å². The Morgan fingerprint density at radius 3 is 2.65 bits per heavy atom. The van der Waals surface area contributed by atoms with E-state index in [0.29, 0.717) is 26.3 Å². The molecule has 0 spiro atoms. The molecule has 2 aliphatic rings. The second-order valence-electron chi connectivity index (χ2n) is 7.29. The Hall–Kier alpha value is -1.95. The summed E-state index contributed by atoms with van der Waals surface area (Å²) in [5.41, 5.74) is 0.496. The predicted molar refractivity (Wildman–Crippen MR) is 103 cm³/mol. The van der Waals surface area contributed by atoms with Crippen LogP contribution in [0.2, 0.25) is 0 Å². The predicted octanol–water partition coefficient (Wildman–Crippen LogP) is 2.55. The number of nitrogens with one attached hydrogen (secondary N) is 1. The lowest BCUT2D eigenvalue weighted by atomic mass is 9.85. The van der Waals surface area contributed by atoms with Gasteiger partial charge in [0.2, 0.25) is 0 Å². The highest BCUT2D eigenvalue weighted by Crippen LogP contribution is 2.31. The average Bonchev–Trinajstić information content (AvgIpc) is 2.65. The lowest BCUT2D eigenvalue weighted by Gasteiger charge is -2.31. The van der Waals surface area contributed by atoms with E-state index in [1.807, 2.05) is 19.2 Å². The van der Waals surface area contributed by atoms with Crippen molar-refractivity contribution >= 4 is 5.96 Å². The van der Waals surface area contributed by atoms with Crippen LogP contribution in [0.1, 0.15) is 44.6 Å². The molecule has 0 saturated heterocycles. The van der Waals surface area contributed by atoms with Crippen molar-refractivity contribution in [1.82, 2.24) is 10.2 Å². The van der Waals surface area contributed by atoms with Gasteiger partial charge < -0.3 is 24.8 Å². The molecule has 1 fully saturated rings. The average molecular weight is 361 g/mol. The molecule has 6 heteroatoms. The first-order valence-corrected chi connectivity index (χ1v) is 9.70. The summed E-state index contributed by atoms with van der Waals surface area (Å²) >= 11 is 0. The van der Waals surface area contributed by atoms with E-state index in [0.717, 1.165) is 55.3 Å². The van der Waals surface area contributed by atoms with Gasteiger partial charge in [0.25, 0.3) is 0 Å². The number of ether oxygens (including phenoxy) is 2. The molecule has 1 aliphatic carbocycles. The molecule has 1 aromatic carbocycles. The van der Waals surface area contributed by atoms with Gasteiger partial charge in [-0.25, -0.2) is 0 Å². The van der Waals surface area contributed by atoms with Crippen LogP contribution in [0.25, 0.3) is 0 Å². The Kier molecular flexibility index (Phi) is 6.25. The molecule has 0 radical (unpaired) electrons. The van der Waals surface area contributed by atoms with Crippen LogP contribution in [-0.4, -0.2) is 54.9 Å². The summed E-state index contributed by atoms with van der Waals surface area (Å²) in [7, 11) is 2.02. The Bertz CT molecular complexity index is 627. The molecular formula is C20H31N3O3. The smallest absolute Gasteiger partial charge is 0.194 e. The van der Waals surface area contributed by atoms with Crippen molar-refractivity contribution < 1.29 is 14.6 Å². The molecule has 0 amide bonds. The molecule has 0 unspecified atom stereocenters. The maximum Gasteiger partial charge on any atom is 0.194 e. The van der Waals surface area contributed by atoms with Gasteiger partial charge in [-0.05, 0) is 37.5 Å². The van der Waals surface area contributed by atoms with Crippen LogP contribution >= 0.6 is 0 Å². The summed E-state index contributed by atoms with van der Waals surface area (Å²) < 4.78 is 11.3. The van der Waals surface area contributed by atoms with Gasteiger partial charge in [0.15, 0.2) is 17.5 Å². The third-order valence-corrected chi connectivity index (χ3v) is 5.03. The van der Waals surface area contributed by atoms with Crippen molar-refractivity contribution in [3.8, 4) is 11.5 Å². The van der Waals surface area contributed by atoms with Gasteiger partial charge >= 0.3 is 0 Å². The summed E-state index contributed by atoms with van der Waals surface area (Å²) in [5.74, 6) is 2.43. The van der Waals surface area contributed by atoms with Crippen molar-refractivity contribution in [2.24, 2.45) is 4.99 Å². The van der Waals surface area contributed by atoms with Crippen LogP contribution in [0.5, 0.6) is 11.5 Å². The maximum absolute atomic E-state index is 10.7. The van der Waals surface area contributed by atoms with Crippen molar-refractivity contribution in [1.29, 1.82) is 0 Å². The van der Waals surface area contributed by atoms with E-state index in [4.69, 9.17) is 14.5 Å². The number of hydrogen-bond donors (Lipinski definition) is 2. The molecule has 0 aromatic heterocycles. The number of aliphatic hydroxyl groups is 1.